The lowest BCUT2D eigenvalue weighted by Gasteiger charge is -2.51. The summed E-state index contributed by atoms with van der Waals surface area (Å²) < 4.78 is 0. The molecule has 1 saturated heterocycles. The second kappa shape index (κ2) is 13.2. The fraction of sp³-hybridized carbons (Fsp3) is 0.516. The predicted molar refractivity (Wildman–Crippen MR) is 154 cm³/mol. The lowest BCUT2D eigenvalue weighted by Crippen LogP contribution is -2.74. The Bertz CT molecular complexity index is 1130. The molecular weight excluding hydrogens is 490 g/mol. The highest BCUT2D eigenvalue weighted by Crippen LogP contribution is 2.42. The monoisotopic (exact) mass is 533 g/mol. The summed E-state index contributed by atoms with van der Waals surface area (Å²) >= 11 is 0. The van der Waals surface area contributed by atoms with Gasteiger partial charge in [0.1, 0.15) is 5.84 Å². The van der Waals surface area contributed by atoms with Crippen LogP contribution in [0.1, 0.15) is 57.6 Å². The highest BCUT2D eigenvalue weighted by atomic mass is 16.3. The van der Waals surface area contributed by atoms with Gasteiger partial charge in [-0.15, -0.1) is 0 Å². The number of aliphatic hydroxyl groups excluding tert-OH is 1. The summed E-state index contributed by atoms with van der Waals surface area (Å²) in [5.74, 6) is 0.557. The van der Waals surface area contributed by atoms with Gasteiger partial charge in [-0.25, -0.2) is 14.8 Å². The molecular formula is C31H43N5O3. The van der Waals surface area contributed by atoms with Crippen molar-refractivity contribution in [2.75, 3.05) is 32.8 Å². The zero-order chi connectivity index (χ0) is 27.8. The van der Waals surface area contributed by atoms with E-state index in [4.69, 9.17) is 4.99 Å². The summed E-state index contributed by atoms with van der Waals surface area (Å²) in [6, 6.07) is 19.3. The summed E-state index contributed by atoms with van der Waals surface area (Å²) in [5, 5.41) is 13.9. The third-order valence-electron chi connectivity index (χ3n) is 7.90. The average Bonchev–Trinajstić information content (AvgIpc) is 3.29. The van der Waals surface area contributed by atoms with Crippen molar-refractivity contribution in [3.8, 4) is 0 Å². The van der Waals surface area contributed by atoms with Crippen LogP contribution in [0.5, 0.6) is 0 Å². The number of hydrogen-bond acceptors (Lipinski definition) is 6. The molecule has 0 spiro atoms. The van der Waals surface area contributed by atoms with Gasteiger partial charge < -0.3 is 5.11 Å². The van der Waals surface area contributed by atoms with Crippen molar-refractivity contribution in [2.24, 2.45) is 4.99 Å². The van der Waals surface area contributed by atoms with Gasteiger partial charge in [-0.3, -0.25) is 19.6 Å². The van der Waals surface area contributed by atoms with Crippen LogP contribution in [0.15, 0.2) is 65.7 Å². The summed E-state index contributed by atoms with van der Waals surface area (Å²) in [6.45, 7) is 7.96. The van der Waals surface area contributed by atoms with Crippen LogP contribution < -0.4 is 0 Å². The van der Waals surface area contributed by atoms with E-state index in [-0.39, 0.29) is 18.5 Å². The summed E-state index contributed by atoms with van der Waals surface area (Å²) in [4.78, 5) is 37.0. The predicted octanol–water partition coefficient (Wildman–Crippen LogP) is 4.34. The maximum Gasteiger partial charge on any atom is 0.328 e. The first kappa shape index (κ1) is 28.8. The van der Waals surface area contributed by atoms with E-state index in [2.05, 4.69) is 31.2 Å². The number of amides is 3. The lowest BCUT2D eigenvalue weighted by atomic mass is 9.91. The number of aliphatic hydroxyl groups is 1. The molecule has 39 heavy (non-hydrogen) atoms. The van der Waals surface area contributed by atoms with Crippen LogP contribution in [0, 0.1) is 0 Å². The molecule has 0 saturated carbocycles. The fourth-order valence-electron chi connectivity index (χ4n) is 5.87. The smallest absolute Gasteiger partial charge is 0.328 e. The Kier molecular flexibility index (Phi) is 9.75. The molecule has 0 aliphatic carbocycles. The number of fused-ring (bicyclic) bond motifs is 1. The molecule has 2 atom stereocenters. The van der Waals surface area contributed by atoms with Gasteiger partial charge in [-0.2, -0.15) is 0 Å². The molecule has 2 aromatic rings. The Morgan fingerprint density at radius 1 is 0.923 bits per heavy atom. The van der Waals surface area contributed by atoms with Crippen molar-refractivity contribution in [2.45, 2.75) is 71.0 Å². The first-order chi connectivity index (χ1) is 19.0. The summed E-state index contributed by atoms with van der Waals surface area (Å²) in [7, 11) is 0. The molecule has 3 amide bonds. The second-order valence-electron chi connectivity index (χ2n) is 10.3. The Balaban J connectivity index is 1.80. The normalized spacial score (nSPS) is 21.1. The van der Waals surface area contributed by atoms with Crippen LogP contribution in [0.2, 0.25) is 0 Å². The third kappa shape index (κ3) is 5.87. The fourth-order valence-corrected chi connectivity index (χ4v) is 5.87. The molecule has 2 heterocycles. The van der Waals surface area contributed by atoms with E-state index in [0.29, 0.717) is 45.4 Å². The van der Waals surface area contributed by atoms with Gasteiger partial charge in [0.05, 0.1) is 6.61 Å². The van der Waals surface area contributed by atoms with Gasteiger partial charge in [0, 0.05) is 32.6 Å². The van der Waals surface area contributed by atoms with Crippen molar-refractivity contribution in [1.82, 2.24) is 19.8 Å². The molecule has 2 unspecified atom stereocenters. The van der Waals surface area contributed by atoms with Crippen molar-refractivity contribution in [3.63, 3.8) is 0 Å². The van der Waals surface area contributed by atoms with Gasteiger partial charge >= 0.3 is 6.03 Å². The number of urea groups is 1. The van der Waals surface area contributed by atoms with E-state index in [0.717, 1.165) is 36.2 Å². The standard InChI is InChI=1S/C31H43N5O3/c1-4-7-14-20-34-29(38)28-31(5-2,35(30(34)39)21-19-25-15-10-8-11-16-25)32-27(24-26-17-12-9-13-18-26)36(28)33(6-3)22-23-37/h8-13,15-18,28,37H,4-7,14,19-24H2,1-3H3. The molecule has 0 radical (unpaired) electrons. The average molecular weight is 534 g/mol. The minimum atomic E-state index is -1.02. The van der Waals surface area contributed by atoms with Crippen LogP contribution in [-0.2, 0) is 17.6 Å². The van der Waals surface area contributed by atoms with Crippen molar-refractivity contribution >= 4 is 17.8 Å². The van der Waals surface area contributed by atoms with Gasteiger partial charge in [-0.05, 0) is 30.4 Å². The van der Waals surface area contributed by atoms with Crippen molar-refractivity contribution in [1.29, 1.82) is 0 Å². The number of rotatable bonds is 14. The number of unbranched alkanes of at least 4 members (excludes halogenated alkanes) is 2. The lowest BCUT2D eigenvalue weighted by molar-refractivity contribution is -0.151. The Morgan fingerprint density at radius 2 is 1.59 bits per heavy atom. The minimum Gasteiger partial charge on any atom is -0.395 e. The number of amidine groups is 1. The first-order valence-corrected chi connectivity index (χ1v) is 14.4. The molecule has 1 fully saturated rings. The van der Waals surface area contributed by atoms with E-state index >= 15 is 0 Å². The Hall–Kier alpha value is -3.23. The minimum absolute atomic E-state index is 0.0418. The molecule has 0 bridgehead atoms. The van der Waals surface area contributed by atoms with E-state index in [1.807, 2.05) is 65.2 Å². The van der Waals surface area contributed by atoms with E-state index in [9.17, 15) is 14.7 Å². The Labute approximate surface area is 232 Å². The number of carbonyl (C=O) groups is 2. The molecule has 8 heteroatoms. The van der Waals surface area contributed by atoms with Crippen LogP contribution in [0.3, 0.4) is 0 Å². The Morgan fingerprint density at radius 3 is 2.18 bits per heavy atom. The molecule has 1 N–H and O–H groups in total. The molecule has 2 aromatic carbocycles. The van der Waals surface area contributed by atoms with Gasteiger partial charge in [0.15, 0.2) is 11.7 Å². The number of nitrogens with zero attached hydrogens (tertiary/aromatic N) is 5. The second-order valence-corrected chi connectivity index (χ2v) is 10.3. The number of likely N-dealkylation sites (N-methyl/N-ethyl adjacent to an activating group) is 1. The topological polar surface area (TPSA) is 79.7 Å². The number of carbonyl (C=O) groups excluding carboxylic acids is 2. The third-order valence-corrected chi connectivity index (χ3v) is 7.90. The maximum atomic E-state index is 14.3. The van der Waals surface area contributed by atoms with Gasteiger partial charge in [-0.1, -0.05) is 94.3 Å². The highest BCUT2D eigenvalue weighted by Gasteiger charge is 2.62. The SMILES string of the molecule is CCCCCN1C(=O)C2N(N(CC)CCO)C(Cc3ccccc3)=NC2(CC)N(CCc2ccccc2)C1=O. The number of hydrogen-bond donors (Lipinski definition) is 1. The van der Waals surface area contributed by atoms with Crippen molar-refractivity contribution in [3.05, 3.63) is 71.8 Å². The molecule has 8 nitrogen and oxygen atoms in total. The van der Waals surface area contributed by atoms with Crippen LogP contribution >= 0.6 is 0 Å². The number of benzene rings is 2. The van der Waals surface area contributed by atoms with Gasteiger partial charge in [0.25, 0.3) is 5.91 Å². The van der Waals surface area contributed by atoms with Crippen LogP contribution in [-0.4, -0.2) is 87.2 Å². The van der Waals surface area contributed by atoms with Crippen LogP contribution in [0.4, 0.5) is 4.79 Å². The zero-order valence-corrected chi connectivity index (χ0v) is 23.6. The highest BCUT2D eigenvalue weighted by molar-refractivity contribution is 6.05. The zero-order valence-electron chi connectivity index (χ0n) is 23.6. The molecule has 4 rings (SSSR count). The van der Waals surface area contributed by atoms with Gasteiger partial charge in [0.2, 0.25) is 0 Å². The van der Waals surface area contributed by atoms with E-state index in [1.165, 1.54) is 4.90 Å². The quantitative estimate of drug-likeness (QED) is 0.366. The maximum absolute atomic E-state index is 14.3. The number of imide groups is 1. The molecule has 2 aliphatic heterocycles. The first-order valence-electron chi connectivity index (χ1n) is 14.4. The summed E-state index contributed by atoms with van der Waals surface area (Å²) in [6.07, 6.45) is 4.46. The molecule has 2 aliphatic rings. The largest absolute Gasteiger partial charge is 0.395 e. The number of aliphatic imine (C=N–C) groups is 1. The summed E-state index contributed by atoms with van der Waals surface area (Å²) in [5.41, 5.74) is 1.21. The molecule has 210 valence electrons. The van der Waals surface area contributed by atoms with E-state index < -0.39 is 11.7 Å². The number of hydrazine groups is 1. The van der Waals surface area contributed by atoms with E-state index in [1.54, 1.807) is 0 Å². The van der Waals surface area contributed by atoms with Crippen LogP contribution in [0.25, 0.3) is 0 Å². The van der Waals surface area contributed by atoms with Crippen molar-refractivity contribution < 1.29 is 14.7 Å². The molecule has 0 aromatic heterocycles.